The van der Waals surface area contributed by atoms with Gasteiger partial charge in [-0.15, -0.1) is 0 Å². The van der Waals surface area contributed by atoms with E-state index in [1.54, 1.807) is 0 Å². The molecule has 2 aromatic carbocycles. The summed E-state index contributed by atoms with van der Waals surface area (Å²) in [7, 11) is -3.35. The van der Waals surface area contributed by atoms with E-state index in [0.29, 0.717) is 25.9 Å². The number of nitrogens with zero attached hydrogens (tertiary/aromatic N) is 1. The molecule has 1 N–H and O–H groups in total. The summed E-state index contributed by atoms with van der Waals surface area (Å²) in [6.07, 6.45) is 2.97. The zero-order valence-corrected chi connectivity index (χ0v) is 17.8. The third kappa shape index (κ3) is 6.41. The fourth-order valence-corrected chi connectivity index (χ4v) is 5.30. The van der Waals surface area contributed by atoms with Crippen LogP contribution >= 0.6 is 0 Å². The minimum atomic E-state index is -3.35. The topological polar surface area (TPSA) is 66.5 Å². The Bertz CT molecular complexity index is 877. The molecule has 0 unspecified atom stereocenters. The molecule has 3 rings (SSSR count). The first-order chi connectivity index (χ1) is 13.9. The maximum Gasteiger partial charge on any atom is 0.223 e. The van der Waals surface area contributed by atoms with Crippen molar-refractivity contribution in [3.8, 4) is 0 Å². The first-order valence-electron chi connectivity index (χ1n) is 10.3. The second-order valence-corrected chi connectivity index (χ2v) is 9.82. The number of aryl methyl sites for hydroxylation is 1. The lowest BCUT2D eigenvalue weighted by atomic mass is 9.96. The maximum atomic E-state index is 12.7. The number of nitrogens with one attached hydrogen (secondary N) is 1. The molecule has 5 nitrogen and oxygen atoms in total. The molecule has 1 fully saturated rings. The SMILES string of the molecule is C[C@@H](CCc1ccccc1)NC(=O)C1CCN(S(=O)(=O)Cc2ccccc2)CC1. The van der Waals surface area contributed by atoms with Crippen LogP contribution in [0, 0.1) is 5.92 Å². The van der Waals surface area contributed by atoms with Crippen LogP contribution in [0.5, 0.6) is 0 Å². The molecular formula is C23H30N2O3S. The molecule has 1 saturated heterocycles. The van der Waals surface area contributed by atoms with E-state index in [1.165, 1.54) is 9.87 Å². The van der Waals surface area contributed by atoms with Crippen LogP contribution in [0.1, 0.15) is 37.3 Å². The summed E-state index contributed by atoms with van der Waals surface area (Å²) in [6, 6.07) is 19.6. The largest absolute Gasteiger partial charge is 0.353 e. The van der Waals surface area contributed by atoms with Crippen molar-refractivity contribution < 1.29 is 13.2 Å². The quantitative estimate of drug-likeness (QED) is 0.720. The second-order valence-electron chi connectivity index (χ2n) is 7.85. The molecule has 2 aromatic rings. The molecule has 0 aromatic heterocycles. The van der Waals surface area contributed by atoms with Gasteiger partial charge in [0.15, 0.2) is 0 Å². The van der Waals surface area contributed by atoms with Crippen LogP contribution in [0.4, 0.5) is 0 Å². The molecule has 0 radical (unpaired) electrons. The van der Waals surface area contributed by atoms with E-state index in [-0.39, 0.29) is 23.6 Å². The number of piperidine rings is 1. The highest BCUT2D eigenvalue weighted by Gasteiger charge is 2.31. The van der Waals surface area contributed by atoms with Crippen molar-refractivity contribution in [2.75, 3.05) is 13.1 Å². The average Bonchev–Trinajstić information content (AvgIpc) is 2.73. The molecule has 1 heterocycles. The average molecular weight is 415 g/mol. The molecule has 1 amide bonds. The summed E-state index contributed by atoms with van der Waals surface area (Å²) in [4.78, 5) is 12.6. The minimum absolute atomic E-state index is 0.0151. The summed E-state index contributed by atoms with van der Waals surface area (Å²) in [6.45, 7) is 2.84. The van der Waals surface area contributed by atoms with Crippen LogP contribution in [0.3, 0.4) is 0 Å². The van der Waals surface area contributed by atoms with Crippen molar-refractivity contribution >= 4 is 15.9 Å². The summed E-state index contributed by atoms with van der Waals surface area (Å²) in [5.41, 5.74) is 2.06. The van der Waals surface area contributed by atoms with Gasteiger partial charge in [-0.05, 0) is 43.7 Å². The smallest absolute Gasteiger partial charge is 0.223 e. The highest BCUT2D eigenvalue weighted by Crippen LogP contribution is 2.22. The first kappa shape index (κ1) is 21.5. The van der Waals surface area contributed by atoms with E-state index in [2.05, 4.69) is 17.4 Å². The fraction of sp³-hybridized carbons (Fsp3) is 0.435. The second kappa shape index (κ2) is 10.0. The lowest BCUT2D eigenvalue weighted by molar-refractivity contribution is -0.126. The van der Waals surface area contributed by atoms with Gasteiger partial charge < -0.3 is 5.32 Å². The maximum absolute atomic E-state index is 12.7. The molecular weight excluding hydrogens is 384 g/mol. The molecule has 1 aliphatic heterocycles. The number of carbonyl (C=O) groups excluding carboxylic acids is 1. The van der Waals surface area contributed by atoms with Gasteiger partial charge in [-0.3, -0.25) is 4.79 Å². The van der Waals surface area contributed by atoms with Crippen molar-refractivity contribution in [3.05, 3.63) is 71.8 Å². The summed E-state index contributed by atoms with van der Waals surface area (Å²) in [5.74, 6) is -0.0515. The number of carbonyl (C=O) groups is 1. The summed E-state index contributed by atoms with van der Waals surface area (Å²) >= 11 is 0. The lowest BCUT2D eigenvalue weighted by Gasteiger charge is -2.31. The minimum Gasteiger partial charge on any atom is -0.353 e. The number of hydrogen-bond donors (Lipinski definition) is 1. The normalized spacial score (nSPS) is 17.0. The highest BCUT2D eigenvalue weighted by atomic mass is 32.2. The molecule has 1 atom stereocenters. The number of hydrogen-bond acceptors (Lipinski definition) is 3. The number of sulfonamides is 1. The van der Waals surface area contributed by atoms with Gasteiger partial charge >= 0.3 is 0 Å². The van der Waals surface area contributed by atoms with Gasteiger partial charge in [0, 0.05) is 25.0 Å². The van der Waals surface area contributed by atoms with Gasteiger partial charge in [0.2, 0.25) is 15.9 Å². The number of rotatable bonds is 8. The van der Waals surface area contributed by atoms with Crippen molar-refractivity contribution in [3.63, 3.8) is 0 Å². The Balaban J connectivity index is 1.44. The summed E-state index contributed by atoms with van der Waals surface area (Å²) in [5, 5.41) is 3.11. The van der Waals surface area contributed by atoms with Crippen LogP contribution in [-0.4, -0.2) is 37.8 Å². The van der Waals surface area contributed by atoms with E-state index in [9.17, 15) is 13.2 Å². The standard InChI is InChI=1S/C23H30N2O3S/c1-19(12-13-20-8-4-2-5-9-20)24-23(26)22-14-16-25(17-15-22)29(27,28)18-21-10-6-3-7-11-21/h2-11,19,22H,12-18H2,1H3,(H,24,26)/t19-/m0/s1. The van der Waals surface area contributed by atoms with Crippen molar-refractivity contribution in [2.45, 2.75) is 44.4 Å². The third-order valence-electron chi connectivity index (χ3n) is 5.51. The zero-order chi connectivity index (χ0) is 20.7. The number of amides is 1. The third-order valence-corrected chi connectivity index (χ3v) is 7.36. The van der Waals surface area contributed by atoms with E-state index >= 15 is 0 Å². The zero-order valence-electron chi connectivity index (χ0n) is 17.0. The number of benzene rings is 2. The van der Waals surface area contributed by atoms with E-state index in [4.69, 9.17) is 0 Å². The highest BCUT2D eigenvalue weighted by molar-refractivity contribution is 7.88. The Kier molecular flexibility index (Phi) is 7.45. The van der Waals surface area contributed by atoms with Gasteiger partial charge in [-0.25, -0.2) is 12.7 Å². The monoisotopic (exact) mass is 414 g/mol. The molecule has 0 saturated carbocycles. The van der Waals surface area contributed by atoms with Gasteiger partial charge in [0.25, 0.3) is 0 Å². The van der Waals surface area contributed by atoms with E-state index < -0.39 is 10.0 Å². The molecule has 6 heteroatoms. The fourth-order valence-electron chi connectivity index (χ4n) is 3.73. The molecule has 0 spiro atoms. The van der Waals surface area contributed by atoms with Crippen molar-refractivity contribution in [2.24, 2.45) is 5.92 Å². The molecule has 0 aliphatic carbocycles. The van der Waals surface area contributed by atoms with Crippen LogP contribution in [-0.2, 0) is 27.0 Å². The Hall–Kier alpha value is -2.18. The van der Waals surface area contributed by atoms with Crippen LogP contribution < -0.4 is 5.32 Å². The summed E-state index contributed by atoms with van der Waals surface area (Å²) < 4.78 is 26.8. The van der Waals surface area contributed by atoms with Crippen molar-refractivity contribution in [1.29, 1.82) is 0 Å². The predicted molar refractivity (Wildman–Crippen MR) is 116 cm³/mol. The Morgan fingerprint density at radius 2 is 1.55 bits per heavy atom. The van der Waals surface area contributed by atoms with Gasteiger partial charge in [-0.2, -0.15) is 0 Å². The van der Waals surface area contributed by atoms with Crippen LogP contribution in [0.15, 0.2) is 60.7 Å². The van der Waals surface area contributed by atoms with Gasteiger partial charge in [0.1, 0.15) is 0 Å². The van der Waals surface area contributed by atoms with Gasteiger partial charge in [0.05, 0.1) is 5.75 Å². The molecule has 29 heavy (non-hydrogen) atoms. The van der Waals surface area contributed by atoms with Crippen LogP contribution in [0.25, 0.3) is 0 Å². The first-order valence-corrected chi connectivity index (χ1v) is 11.9. The Morgan fingerprint density at radius 3 is 2.14 bits per heavy atom. The molecule has 1 aliphatic rings. The Morgan fingerprint density at radius 1 is 1.00 bits per heavy atom. The lowest BCUT2D eigenvalue weighted by Crippen LogP contribution is -2.45. The molecule has 0 bridgehead atoms. The predicted octanol–water partition coefficient (Wildman–Crippen LogP) is 3.37. The Labute approximate surface area is 174 Å². The van der Waals surface area contributed by atoms with Crippen molar-refractivity contribution in [1.82, 2.24) is 9.62 Å². The van der Waals surface area contributed by atoms with Gasteiger partial charge in [-0.1, -0.05) is 60.7 Å². The molecule has 156 valence electrons. The van der Waals surface area contributed by atoms with Crippen LogP contribution in [0.2, 0.25) is 0 Å². The van der Waals surface area contributed by atoms with E-state index in [0.717, 1.165) is 18.4 Å². The van der Waals surface area contributed by atoms with E-state index in [1.807, 2.05) is 55.5 Å².